The first-order chi connectivity index (χ1) is 30.9. The summed E-state index contributed by atoms with van der Waals surface area (Å²) in [5.41, 5.74) is 4.64. The maximum Gasteiger partial charge on any atom is 0.417 e. The molecule has 4 aromatic carbocycles. The predicted octanol–water partition coefficient (Wildman–Crippen LogP) is 15.0. The van der Waals surface area contributed by atoms with Crippen LogP contribution in [0.4, 0.5) is 9.59 Å². The predicted molar refractivity (Wildman–Crippen MR) is 264 cm³/mol. The molecule has 4 aliphatic rings. The first-order valence-electron chi connectivity index (χ1n) is 21.8. The maximum atomic E-state index is 13.3. The Morgan fingerprint density at radius 2 is 0.833 bits per heavy atom. The Hall–Kier alpha value is -4.02. The zero-order chi connectivity index (χ0) is 48.2. The number of ether oxygens (including phenoxy) is 2. The van der Waals surface area contributed by atoms with E-state index in [1.807, 2.05) is 98.8 Å². The van der Waals surface area contributed by atoms with Crippen molar-refractivity contribution in [2.24, 2.45) is 23.7 Å². The van der Waals surface area contributed by atoms with Crippen molar-refractivity contribution in [2.45, 2.75) is 90.3 Å². The van der Waals surface area contributed by atoms with E-state index >= 15 is 0 Å². The SMILES string of the molecule is CC1=C[C@@H]2C(=O)N(C(=O)OC(C)(C)C)C[C@H]2[C@@H](c2ccc(Cl)cc2)[C@@H]1c1ccc(Cl)cc1Cl.CC1=C[C@H]2C(=O)N(C(=O)OC(C)(C)C)C[C@H]2[C@@H](c2ccc(Cl)cc2)[C@H]1c1ccc(Cl)cc1Cl. The molecule has 8 rings (SSSR count). The van der Waals surface area contributed by atoms with E-state index < -0.39 is 35.2 Å². The van der Waals surface area contributed by atoms with Crippen molar-refractivity contribution in [3.8, 4) is 0 Å². The van der Waals surface area contributed by atoms with Crippen LogP contribution in [0.1, 0.15) is 101 Å². The number of carbonyl (C=O) groups excluding carboxylic acids is 4. The number of allylic oxidation sites excluding steroid dienone is 2. The van der Waals surface area contributed by atoms with Crippen molar-refractivity contribution >= 4 is 93.6 Å². The van der Waals surface area contributed by atoms with Gasteiger partial charge in [-0.1, -0.05) is 129 Å². The van der Waals surface area contributed by atoms with Crippen molar-refractivity contribution in [2.75, 3.05) is 13.1 Å². The van der Waals surface area contributed by atoms with Gasteiger partial charge in [-0.2, -0.15) is 0 Å². The molecule has 4 aromatic rings. The lowest BCUT2D eigenvalue weighted by Crippen LogP contribution is -2.38. The highest BCUT2D eigenvalue weighted by Crippen LogP contribution is 2.55. The van der Waals surface area contributed by atoms with Crippen molar-refractivity contribution < 1.29 is 28.7 Å². The summed E-state index contributed by atoms with van der Waals surface area (Å²) in [4.78, 5) is 54.8. The van der Waals surface area contributed by atoms with E-state index in [0.29, 0.717) is 30.1 Å². The van der Waals surface area contributed by atoms with Gasteiger partial charge in [0.1, 0.15) is 11.2 Å². The number of hydrogen-bond donors (Lipinski definition) is 0. The zero-order valence-electron chi connectivity index (χ0n) is 37.9. The van der Waals surface area contributed by atoms with Gasteiger partial charge in [0, 0.05) is 66.9 Å². The van der Waals surface area contributed by atoms with Crippen LogP contribution >= 0.6 is 69.6 Å². The summed E-state index contributed by atoms with van der Waals surface area (Å²) in [6.07, 6.45) is 2.76. The Balaban J connectivity index is 0.000000196. The summed E-state index contributed by atoms with van der Waals surface area (Å²) >= 11 is 37.9. The minimum Gasteiger partial charge on any atom is -0.443 e. The van der Waals surface area contributed by atoms with Crippen LogP contribution in [0.25, 0.3) is 0 Å². The normalized spacial score (nSPS) is 25.0. The number of hydrogen-bond acceptors (Lipinski definition) is 6. The second-order valence-corrected chi connectivity index (χ2v) is 22.1. The fourth-order valence-corrected chi connectivity index (χ4v) is 11.4. The second-order valence-electron chi connectivity index (χ2n) is 19.5. The molecular formula is C52H52Cl6N2O6. The van der Waals surface area contributed by atoms with Gasteiger partial charge in [0.15, 0.2) is 0 Å². The van der Waals surface area contributed by atoms with Gasteiger partial charge >= 0.3 is 12.2 Å². The Labute approximate surface area is 417 Å². The van der Waals surface area contributed by atoms with Gasteiger partial charge in [-0.15, -0.1) is 0 Å². The van der Waals surface area contributed by atoms with Crippen LogP contribution < -0.4 is 0 Å². The van der Waals surface area contributed by atoms with Crippen molar-refractivity contribution in [1.29, 1.82) is 0 Å². The second kappa shape index (κ2) is 19.5. The number of carbonyl (C=O) groups is 4. The molecule has 2 saturated heterocycles. The van der Waals surface area contributed by atoms with E-state index in [1.165, 1.54) is 9.80 Å². The number of rotatable bonds is 4. The van der Waals surface area contributed by atoms with Crippen LogP contribution in [-0.2, 0) is 19.1 Å². The van der Waals surface area contributed by atoms with Crippen molar-refractivity contribution in [1.82, 2.24) is 9.80 Å². The van der Waals surface area contributed by atoms with Gasteiger partial charge in [0.2, 0.25) is 11.8 Å². The van der Waals surface area contributed by atoms with Gasteiger partial charge in [-0.3, -0.25) is 9.59 Å². The van der Waals surface area contributed by atoms with Gasteiger partial charge < -0.3 is 9.47 Å². The fourth-order valence-electron chi connectivity index (χ4n) is 10.1. The lowest BCUT2D eigenvalue weighted by Gasteiger charge is -2.39. The molecule has 8 atom stereocenters. The molecule has 0 aromatic heterocycles. The fraction of sp³-hybridized carbons (Fsp3) is 0.385. The number of fused-ring (bicyclic) bond motifs is 2. The number of imide groups is 2. The third-order valence-corrected chi connectivity index (χ3v) is 14.3. The molecule has 0 saturated carbocycles. The minimum absolute atomic E-state index is 0.0800. The molecular weight excluding hydrogens is 961 g/mol. The smallest absolute Gasteiger partial charge is 0.417 e. The minimum atomic E-state index is -0.689. The molecule has 0 N–H and O–H groups in total. The molecule has 2 fully saturated rings. The summed E-state index contributed by atoms with van der Waals surface area (Å²) in [5, 5.41) is 3.55. The van der Waals surface area contributed by atoms with E-state index in [9.17, 15) is 19.2 Å². The van der Waals surface area contributed by atoms with Crippen molar-refractivity contribution in [3.05, 3.63) is 161 Å². The largest absolute Gasteiger partial charge is 0.443 e. The van der Waals surface area contributed by atoms with E-state index in [4.69, 9.17) is 79.1 Å². The highest BCUT2D eigenvalue weighted by molar-refractivity contribution is 6.35. The van der Waals surface area contributed by atoms with Gasteiger partial charge in [0.25, 0.3) is 0 Å². The molecule has 2 aliphatic heterocycles. The molecule has 66 heavy (non-hydrogen) atoms. The monoisotopic (exact) mass is 1010 g/mol. The van der Waals surface area contributed by atoms with E-state index in [0.717, 1.165) is 33.4 Å². The van der Waals surface area contributed by atoms with E-state index in [1.54, 1.807) is 53.7 Å². The molecule has 2 heterocycles. The summed E-state index contributed by atoms with van der Waals surface area (Å²) in [6, 6.07) is 26.4. The van der Waals surface area contributed by atoms with Crippen LogP contribution in [0.3, 0.4) is 0 Å². The summed E-state index contributed by atoms with van der Waals surface area (Å²) in [7, 11) is 0. The number of likely N-dealkylation sites (tertiary alicyclic amines) is 2. The topological polar surface area (TPSA) is 93.2 Å². The molecule has 2 aliphatic carbocycles. The molecule has 8 nitrogen and oxygen atoms in total. The first kappa shape index (κ1) is 49.9. The molecule has 4 amide bonds. The summed E-state index contributed by atoms with van der Waals surface area (Å²) in [6.45, 7) is 15.3. The highest BCUT2D eigenvalue weighted by atomic mass is 35.5. The van der Waals surface area contributed by atoms with E-state index in [-0.39, 0.29) is 60.4 Å². The molecule has 14 heteroatoms. The molecule has 348 valence electrons. The third-order valence-electron chi connectivity index (χ3n) is 12.7. The number of amides is 4. The molecule has 0 bridgehead atoms. The molecule has 0 radical (unpaired) electrons. The van der Waals surface area contributed by atoms with Crippen LogP contribution in [0.5, 0.6) is 0 Å². The van der Waals surface area contributed by atoms with Crippen LogP contribution in [0.2, 0.25) is 30.1 Å². The lowest BCUT2D eigenvalue weighted by molar-refractivity contribution is -0.130. The standard InChI is InChI=1S/2C26H26Cl3NO3/c2*1-14-11-19-20(13-30(24(19)31)25(32)33-26(2,3)4)23(15-5-7-16(27)8-6-15)22(14)18-10-9-17(28)12-21(18)29/h2*5-12,19-20,22-23H,13H2,1-4H3/t19-,20+,22-,23+;19-,20-,22-,23-/m01/s1. The number of halogens is 6. The average Bonchev–Trinajstić information content (AvgIpc) is 3.72. The number of nitrogens with zero attached hydrogens (tertiary/aromatic N) is 2. The summed E-state index contributed by atoms with van der Waals surface area (Å²) < 4.78 is 11.0. The van der Waals surface area contributed by atoms with Gasteiger partial charge in [0.05, 0.1) is 11.8 Å². The highest BCUT2D eigenvalue weighted by Gasteiger charge is 2.53. The van der Waals surface area contributed by atoms with Gasteiger partial charge in [-0.25, -0.2) is 19.4 Å². The Kier molecular flexibility index (Phi) is 14.8. The average molecular weight is 1010 g/mol. The quantitative estimate of drug-likeness (QED) is 0.189. The Morgan fingerprint density at radius 1 is 0.515 bits per heavy atom. The van der Waals surface area contributed by atoms with Gasteiger partial charge in [-0.05, 0) is 138 Å². The molecule has 0 unspecified atom stereocenters. The van der Waals surface area contributed by atoms with Crippen molar-refractivity contribution in [3.63, 3.8) is 0 Å². The zero-order valence-corrected chi connectivity index (χ0v) is 42.4. The first-order valence-corrected chi connectivity index (χ1v) is 24.1. The molecule has 0 spiro atoms. The van der Waals surface area contributed by atoms with Crippen LogP contribution in [-0.4, -0.2) is 58.1 Å². The summed E-state index contributed by atoms with van der Waals surface area (Å²) in [5.74, 6) is -1.90. The Morgan fingerprint density at radius 3 is 1.14 bits per heavy atom. The number of benzene rings is 4. The maximum absolute atomic E-state index is 13.3. The van der Waals surface area contributed by atoms with Crippen LogP contribution in [0.15, 0.2) is 108 Å². The van der Waals surface area contributed by atoms with Crippen LogP contribution in [0, 0.1) is 23.7 Å². The third kappa shape index (κ3) is 10.6. The van der Waals surface area contributed by atoms with E-state index in [2.05, 4.69) is 0 Å². The lowest BCUT2D eigenvalue weighted by atomic mass is 9.64. The Bertz CT molecular complexity index is 2420.